The van der Waals surface area contributed by atoms with Gasteiger partial charge in [0.25, 0.3) is 5.91 Å². The van der Waals surface area contributed by atoms with Crippen molar-refractivity contribution < 1.29 is 4.79 Å². The number of nitrogens with one attached hydrogen (secondary N) is 1. The van der Waals surface area contributed by atoms with E-state index in [2.05, 4.69) is 26.2 Å². The summed E-state index contributed by atoms with van der Waals surface area (Å²) in [6, 6.07) is 6.44. The van der Waals surface area contributed by atoms with Crippen LogP contribution < -0.4 is 11.1 Å². The van der Waals surface area contributed by atoms with Gasteiger partial charge in [-0.25, -0.2) is 0 Å². The van der Waals surface area contributed by atoms with Crippen molar-refractivity contribution in [2.75, 3.05) is 11.1 Å². The number of hydrogen-bond acceptors (Lipinski definition) is 3. The Hall–Kier alpha value is -1.59. The molecule has 1 heterocycles. The van der Waals surface area contributed by atoms with Gasteiger partial charge in [0.2, 0.25) is 0 Å². The van der Waals surface area contributed by atoms with Crippen LogP contribution >= 0.6 is 27.5 Å². The number of carbonyl (C=O) groups excluding carboxylic acids is 1. The molecule has 0 atom stereocenters. The predicted octanol–water partition coefficient (Wildman–Crippen LogP) is 3.33. The molecule has 2 rings (SSSR count). The van der Waals surface area contributed by atoms with Crippen LogP contribution in [0, 0.1) is 0 Å². The smallest absolute Gasteiger partial charge is 0.255 e. The highest BCUT2D eigenvalue weighted by Crippen LogP contribution is 2.23. The fraction of sp³-hybridized carbons (Fsp3) is 0. The molecule has 0 aliphatic rings. The Balaban J connectivity index is 2.22. The van der Waals surface area contributed by atoms with Gasteiger partial charge in [-0.05, 0) is 40.2 Å². The molecule has 1 aromatic heterocycles. The second kappa shape index (κ2) is 5.37. The van der Waals surface area contributed by atoms with E-state index in [1.807, 2.05) is 0 Å². The molecule has 0 bridgehead atoms. The van der Waals surface area contributed by atoms with Gasteiger partial charge in [0, 0.05) is 18.0 Å². The van der Waals surface area contributed by atoms with Crippen molar-refractivity contribution in [3.05, 3.63) is 51.7 Å². The highest BCUT2D eigenvalue weighted by Gasteiger charge is 2.09. The number of nitrogens with two attached hydrogens (primary N) is 1. The molecule has 18 heavy (non-hydrogen) atoms. The van der Waals surface area contributed by atoms with Crippen molar-refractivity contribution in [1.82, 2.24) is 4.98 Å². The third-order valence-electron chi connectivity index (χ3n) is 2.28. The van der Waals surface area contributed by atoms with Gasteiger partial charge in [-0.3, -0.25) is 9.78 Å². The molecule has 0 spiro atoms. The van der Waals surface area contributed by atoms with Crippen LogP contribution in [0.3, 0.4) is 0 Å². The third-order valence-corrected chi connectivity index (χ3v) is 3.25. The SMILES string of the molecule is Nc1cc(C(=O)Nc2ccncc2Br)ccc1Cl. The van der Waals surface area contributed by atoms with Gasteiger partial charge in [-0.2, -0.15) is 0 Å². The van der Waals surface area contributed by atoms with Crippen molar-refractivity contribution in [2.45, 2.75) is 0 Å². The van der Waals surface area contributed by atoms with Crippen LogP contribution in [0.2, 0.25) is 5.02 Å². The van der Waals surface area contributed by atoms with E-state index in [1.165, 1.54) is 6.07 Å². The largest absolute Gasteiger partial charge is 0.398 e. The summed E-state index contributed by atoms with van der Waals surface area (Å²) in [7, 11) is 0. The Morgan fingerprint density at radius 3 is 2.83 bits per heavy atom. The minimum atomic E-state index is -0.259. The summed E-state index contributed by atoms with van der Waals surface area (Å²) in [5.41, 5.74) is 7.11. The standard InChI is InChI=1S/C12H9BrClN3O/c13-8-6-16-4-3-11(8)17-12(18)7-1-2-9(14)10(15)5-7/h1-6H,15H2,(H,16,17,18). The maximum atomic E-state index is 12.0. The lowest BCUT2D eigenvalue weighted by molar-refractivity contribution is 0.102. The molecule has 4 nitrogen and oxygen atoms in total. The summed E-state index contributed by atoms with van der Waals surface area (Å²) in [5, 5.41) is 3.18. The molecule has 92 valence electrons. The van der Waals surface area contributed by atoms with Gasteiger partial charge in [0.05, 0.1) is 20.9 Å². The molecule has 0 saturated carbocycles. The molecular formula is C12H9BrClN3O. The first-order valence-corrected chi connectivity index (χ1v) is 6.21. The normalized spacial score (nSPS) is 10.1. The number of nitrogens with zero attached hydrogens (tertiary/aromatic N) is 1. The van der Waals surface area contributed by atoms with Crippen LogP contribution in [-0.2, 0) is 0 Å². The quantitative estimate of drug-likeness (QED) is 0.832. The molecule has 1 amide bonds. The molecule has 2 aromatic rings. The first kappa shape index (κ1) is 12.9. The van der Waals surface area contributed by atoms with Crippen molar-refractivity contribution >= 4 is 44.8 Å². The van der Waals surface area contributed by atoms with E-state index in [0.717, 1.165) is 0 Å². The number of nitrogen functional groups attached to an aromatic ring is 1. The van der Waals surface area contributed by atoms with Gasteiger partial charge >= 0.3 is 0 Å². The van der Waals surface area contributed by atoms with Crippen molar-refractivity contribution in [3.63, 3.8) is 0 Å². The van der Waals surface area contributed by atoms with E-state index < -0.39 is 0 Å². The van der Waals surface area contributed by atoms with Gasteiger partial charge in [-0.15, -0.1) is 0 Å². The van der Waals surface area contributed by atoms with Gasteiger partial charge in [0.1, 0.15) is 0 Å². The maximum absolute atomic E-state index is 12.0. The number of aromatic nitrogens is 1. The maximum Gasteiger partial charge on any atom is 0.255 e. The molecule has 0 fully saturated rings. The minimum Gasteiger partial charge on any atom is -0.398 e. The number of hydrogen-bond donors (Lipinski definition) is 2. The van der Waals surface area contributed by atoms with Gasteiger partial charge in [0.15, 0.2) is 0 Å². The molecule has 0 unspecified atom stereocenters. The minimum absolute atomic E-state index is 0.259. The fourth-order valence-corrected chi connectivity index (χ4v) is 1.82. The summed E-state index contributed by atoms with van der Waals surface area (Å²) in [6.45, 7) is 0. The van der Waals surface area contributed by atoms with Crippen molar-refractivity contribution in [1.29, 1.82) is 0 Å². The number of carbonyl (C=O) groups is 1. The number of amides is 1. The highest BCUT2D eigenvalue weighted by atomic mass is 79.9. The van der Waals surface area contributed by atoms with Crippen molar-refractivity contribution in [3.8, 4) is 0 Å². The van der Waals surface area contributed by atoms with Crippen LogP contribution in [0.15, 0.2) is 41.1 Å². The van der Waals surface area contributed by atoms with E-state index in [-0.39, 0.29) is 5.91 Å². The Bertz CT molecular complexity index is 604. The topological polar surface area (TPSA) is 68.0 Å². The Kier molecular flexibility index (Phi) is 3.84. The zero-order valence-corrected chi connectivity index (χ0v) is 11.5. The van der Waals surface area contributed by atoms with Gasteiger partial charge < -0.3 is 11.1 Å². The van der Waals surface area contributed by atoms with E-state index in [0.29, 0.717) is 26.4 Å². The second-order valence-electron chi connectivity index (χ2n) is 3.55. The molecule has 3 N–H and O–H groups in total. The molecule has 0 radical (unpaired) electrons. The summed E-state index contributed by atoms with van der Waals surface area (Å²) in [5.74, 6) is -0.259. The third kappa shape index (κ3) is 2.80. The number of pyridine rings is 1. The van der Waals surface area contributed by atoms with Crippen LogP contribution in [-0.4, -0.2) is 10.9 Å². The van der Waals surface area contributed by atoms with Crippen LogP contribution in [0.5, 0.6) is 0 Å². The monoisotopic (exact) mass is 325 g/mol. The zero-order chi connectivity index (χ0) is 13.1. The van der Waals surface area contributed by atoms with Crippen molar-refractivity contribution in [2.24, 2.45) is 0 Å². The Labute approximate surface area is 117 Å². The molecule has 0 aliphatic heterocycles. The highest BCUT2D eigenvalue weighted by molar-refractivity contribution is 9.10. The molecule has 1 aromatic carbocycles. The molecular weight excluding hydrogens is 318 g/mol. The average molecular weight is 327 g/mol. The first-order chi connectivity index (χ1) is 8.58. The summed E-state index contributed by atoms with van der Waals surface area (Å²) in [4.78, 5) is 15.9. The first-order valence-electron chi connectivity index (χ1n) is 5.04. The lowest BCUT2D eigenvalue weighted by Gasteiger charge is -2.07. The molecule has 0 saturated heterocycles. The van der Waals surface area contributed by atoms with E-state index in [9.17, 15) is 4.79 Å². The predicted molar refractivity (Wildman–Crippen MR) is 75.8 cm³/mol. The average Bonchev–Trinajstić information content (AvgIpc) is 2.35. The van der Waals surface area contributed by atoms with E-state index in [1.54, 1.807) is 30.6 Å². The summed E-state index contributed by atoms with van der Waals surface area (Å²) < 4.78 is 0.709. The van der Waals surface area contributed by atoms with Gasteiger partial charge in [-0.1, -0.05) is 11.6 Å². The molecule has 0 aliphatic carbocycles. The number of halogens is 2. The second-order valence-corrected chi connectivity index (χ2v) is 4.81. The Morgan fingerprint density at radius 2 is 2.17 bits per heavy atom. The Morgan fingerprint density at radius 1 is 1.39 bits per heavy atom. The van der Waals surface area contributed by atoms with Crippen LogP contribution in [0.25, 0.3) is 0 Å². The number of benzene rings is 1. The fourth-order valence-electron chi connectivity index (χ4n) is 1.36. The lowest BCUT2D eigenvalue weighted by atomic mass is 10.2. The number of rotatable bonds is 2. The van der Waals surface area contributed by atoms with Crippen LogP contribution in [0.1, 0.15) is 10.4 Å². The summed E-state index contributed by atoms with van der Waals surface area (Å²) in [6.07, 6.45) is 3.20. The molecule has 6 heteroatoms. The van der Waals surface area contributed by atoms with Crippen LogP contribution in [0.4, 0.5) is 11.4 Å². The number of anilines is 2. The van der Waals surface area contributed by atoms with E-state index in [4.69, 9.17) is 17.3 Å². The zero-order valence-electron chi connectivity index (χ0n) is 9.15. The summed E-state index contributed by atoms with van der Waals surface area (Å²) >= 11 is 9.10. The van der Waals surface area contributed by atoms with E-state index >= 15 is 0 Å². The lowest BCUT2D eigenvalue weighted by Crippen LogP contribution is -2.12.